The van der Waals surface area contributed by atoms with Crippen molar-refractivity contribution in [1.82, 2.24) is 5.32 Å². The zero-order chi connectivity index (χ0) is 18.8. The summed E-state index contributed by atoms with van der Waals surface area (Å²) in [7, 11) is 0. The summed E-state index contributed by atoms with van der Waals surface area (Å²) in [5.74, 6) is 0.447. The third kappa shape index (κ3) is 6.20. The van der Waals surface area contributed by atoms with Crippen LogP contribution in [0.2, 0.25) is 0 Å². The second kappa shape index (κ2) is 10.2. The van der Waals surface area contributed by atoms with Crippen LogP contribution in [0, 0.1) is 0 Å². The second-order valence-corrected chi connectivity index (χ2v) is 5.96. The lowest BCUT2D eigenvalue weighted by molar-refractivity contribution is -0.122. The molecule has 1 N–H and O–H groups in total. The Kier molecular flexibility index (Phi) is 7.62. The van der Waals surface area contributed by atoms with Gasteiger partial charge in [0.2, 0.25) is 0 Å². The van der Waals surface area contributed by atoms with Gasteiger partial charge >= 0.3 is 0 Å². The number of ether oxygens (including phenoxy) is 1. The molecular formula is C22H25NO3. The molecule has 0 aliphatic rings. The molecule has 2 aromatic carbocycles. The van der Waals surface area contributed by atoms with Gasteiger partial charge in [-0.25, -0.2) is 0 Å². The molecule has 26 heavy (non-hydrogen) atoms. The fourth-order valence-corrected chi connectivity index (χ4v) is 2.46. The predicted molar refractivity (Wildman–Crippen MR) is 104 cm³/mol. The smallest absolute Gasteiger partial charge is 0.257 e. The Labute approximate surface area is 154 Å². The number of rotatable bonds is 9. The summed E-state index contributed by atoms with van der Waals surface area (Å²) in [6.07, 6.45) is 5.46. The highest BCUT2D eigenvalue weighted by Gasteiger charge is 2.03. The molecule has 0 unspecified atom stereocenters. The van der Waals surface area contributed by atoms with Gasteiger partial charge in [-0.3, -0.25) is 9.59 Å². The van der Waals surface area contributed by atoms with Gasteiger partial charge in [0, 0.05) is 12.1 Å². The Morgan fingerprint density at radius 3 is 2.31 bits per heavy atom. The third-order valence-corrected chi connectivity index (χ3v) is 3.83. The van der Waals surface area contributed by atoms with E-state index < -0.39 is 0 Å². The lowest BCUT2D eigenvalue weighted by Gasteiger charge is -2.06. The molecule has 0 heterocycles. The predicted octanol–water partition coefficient (Wildman–Crippen LogP) is 4.05. The van der Waals surface area contributed by atoms with E-state index in [2.05, 4.69) is 12.2 Å². The molecule has 0 spiro atoms. The van der Waals surface area contributed by atoms with E-state index in [1.807, 2.05) is 43.3 Å². The molecule has 2 aromatic rings. The molecule has 0 fully saturated rings. The molecule has 0 aliphatic carbocycles. The van der Waals surface area contributed by atoms with Crippen LogP contribution in [0.15, 0.2) is 54.6 Å². The van der Waals surface area contributed by atoms with E-state index in [1.165, 1.54) is 5.56 Å². The van der Waals surface area contributed by atoms with Crippen molar-refractivity contribution in [3.8, 4) is 5.75 Å². The largest absolute Gasteiger partial charge is 0.484 e. The molecule has 136 valence electrons. The Bertz CT molecular complexity index is 746. The summed E-state index contributed by atoms with van der Waals surface area (Å²) < 4.78 is 5.40. The highest BCUT2D eigenvalue weighted by molar-refractivity contribution is 6.06. The number of carbonyl (C=O) groups is 2. The van der Waals surface area contributed by atoms with Crippen molar-refractivity contribution in [3.05, 3.63) is 71.3 Å². The zero-order valence-corrected chi connectivity index (χ0v) is 15.3. The van der Waals surface area contributed by atoms with Crippen molar-refractivity contribution in [2.45, 2.75) is 26.7 Å². The SMILES string of the molecule is CCCc1ccc(C(=O)/C=C/c2ccc(OCC(=O)NCC)cc2)cc1. The van der Waals surface area contributed by atoms with Gasteiger partial charge < -0.3 is 10.1 Å². The number of carbonyl (C=O) groups excluding carboxylic acids is 2. The molecule has 4 heteroatoms. The van der Waals surface area contributed by atoms with Crippen LogP contribution in [0.25, 0.3) is 6.08 Å². The van der Waals surface area contributed by atoms with E-state index in [9.17, 15) is 9.59 Å². The molecule has 0 saturated heterocycles. The molecule has 0 saturated carbocycles. The summed E-state index contributed by atoms with van der Waals surface area (Å²) >= 11 is 0. The fourth-order valence-electron chi connectivity index (χ4n) is 2.46. The van der Waals surface area contributed by atoms with Gasteiger partial charge in [-0.05, 0) is 42.7 Å². The quantitative estimate of drug-likeness (QED) is 0.548. The Hall–Kier alpha value is -2.88. The summed E-state index contributed by atoms with van der Waals surface area (Å²) in [5.41, 5.74) is 2.82. The minimum absolute atomic E-state index is 0.00443. The van der Waals surface area contributed by atoms with Crippen LogP contribution in [-0.2, 0) is 11.2 Å². The minimum atomic E-state index is -0.146. The standard InChI is InChI=1S/C22H25NO3/c1-3-5-17-6-11-19(12-7-17)21(24)15-10-18-8-13-20(14-9-18)26-16-22(25)23-4-2/h6-15H,3-5,16H2,1-2H3,(H,23,25)/b15-10+. The van der Waals surface area contributed by atoms with Gasteiger partial charge in [-0.15, -0.1) is 0 Å². The van der Waals surface area contributed by atoms with Gasteiger partial charge in [-0.2, -0.15) is 0 Å². The number of hydrogen-bond donors (Lipinski definition) is 1. The fraction of sp³-hybridized carbons (Fsp3) is 0.273. The molecule has 2 rings (SSSR count). The number of amides is 1. The van der Waals surface area contributed by atoms with Gasteiger partial charge in [0.25, 0.3) is 5.91 Å². The summed E-state index contributed by atoms with van der Waals surface area (Å²) in [5, 5.41) is 2.67. The van der Waals surface area contributed by atoms with Crippen LogP contribution in [-0.4, -0.2) is 24.8 Å². The molecule has 0 bridgehead atoms. The minimum Gasteiger partial charge on any atom is -0.484 e. The average molecular weight is 351 g/mol. The van der Waals surface area contributed by atoms with Crippen LogP contribution in [0.3, 0.4) is 0 Å². The van der Waals surface area contributed by atoms with E-state index in [4.69, 9.17) is 4.74 Å². The summed E-state index contributed by atoms with van der Waals surface area (Å²) in [6.45, 7) is 4.58. The maximum atomic E-state index is 12.2. The van der Waals surface area contributed by atoms with Crippen molar-refractivity contribution in [2.24, 2.45) is 0 Å². The van der Waals surface area contributed by atoms with Crippen LogP contribution in [0.1, 0.15) is 41.8 Å². The average Bonchev–Trinajstić information content (AvgIpc) is 2.66. The van der Waals surface area contributed by atoms with E-state index >= 15 is 0 Å². The number of hydrogen-bond acceptors (Lipinski definition) is 3. The van der Waals surface area contributed by atoms with Crippen molar-refractivity contribution >= 4 is 17.8 Å². The summed E-state index contributed by atoms with van der Waals surface area (Å²) in [6, 6.07) is 15.0. The monoisotopic (exact) mass is 351 g/mol. The zero-order valence-electron chi connectivity index (χ0n) is 15.3. The number of allylic oxidation sites excluding steroid dienone is 1. The number of ketones is 1. The Morgan fingerprint density at radius 1 is 1.00 bits per heavy atom. The van der Waals surface area contributed by atoms with Gasteiger partial charge in [0.05, 0.1) is 0 Å². The van der Waals surface area contributed by atoms with E-state index in [0.717, 1.165) is 18.4 Å². The molecular weight excluding hydrogens is 326 g/mol. The highest BCUT2D eigenvalue weighted by Crippen LogP contribution is 2.14. The normalized spacial score (nSPS) is 10.7. The summed E-state index contributed by atoms with van der Waals surface area (Å²) in [4.78, 5) is 23.6. The van der Waals surface area contributed by atoms with Gasteiger partial charge in [-0.1, -0.05) is 55.8 Å². The molecule has 0 radical (unpaired) electrons. The van der Waals surface area contributed by atoms with Crippen molar-refractivity contribution < 1.29 is 14.3 Å². The van der Waals surface area contributed by atoms with Crippen LogP contribution in [0.5, 0.6) is 5.75 Å². The Balaban J connectivity index is 1.90. The molecule has 0 atom stereocenters. The maximum absolute atomic E-state index is 12.2. The second-order valence-electron chi connectivity index (χ2n) is 5.96. The highest BCUT2D eigenvalue weighted by atomic mass is 16.5. The number of nitrogens with one attached hydrogen (secondary N) is 1. The number of likely N-dealkylation sites (N-methyl/N-ethyl adjacent to an activating group) is 1. The number of aryl methyl sites for hydroxylation is 1. The first-order chi connectivity index (χ1) is 12.6. The lowest BCUT2D eigenvalue weighted by atomic mass is 10.0. The number of benzene rings is 2. The van der Waals surface area contributed by atoms with Crippen molar-refractivity contribution in [2.75, 3.05) is 13.2 Å². The van der Waals surface area contributed by atoms with Crippen LogP contribution >= 0.6 is 0 Å². The van der Waals surface area contributed by atoms with Crippen molar-refractivity contribution in [1.29, 1.82) is 0 Å². The topological polar surface area (TPSA) is 55.4 Å². The first-order valence-corrected chi connectivity index (χ1v) is 8.93. The lowest BCUT2D eigenvalue weighted by Crippen LogP contribution is -2.28. The third-order valence-electron chi connectivity index (χ3n) is 3.83. The molecule has 0 aliphatic heterocycles. The van der Waals surface area contributed by atoms with E-state index in [1.54, 1.807) is 24.3 Å². The first-order valence-electron chi connectivity index (χ1n) is 8.93. The Morgan fingerprint density at radius 2 is 1.69 bits per heavy atom. The van der Waals surface area contributed by atoms with Crippen LogP contribution < -0.4 is 10.1 Å². The maximum Gasteiger partial charge on any atom is 0.257 e. The van der Waals surface area contributed by atoms with Gasteiger partial charge in [0.1, 0.15) is 5.75 Å². The van der Waals surface area contributed by atoms with E-state index in [0.29, 0.717) is 17.9 Å². The molecule has 4 nitrogen and oxygen atoms in total. The van der Waals surface area contributed by atoms with E-state index in [-0.39, 0.29) is 18.3 Å². The molecule has 1 amide bonds. The van der Waals surface area contributed by atoms with Gasteiger partial charge in [0.15, 0.2) is 12.4 Å². The van der Waals surface area contributed by atoms with Crippen LogP contribution in [0.4, 0.5) is 0 Å². The molecule has 0 aromatic heterocycles. The first kappa shape index (κ1) is 19.4. The van der Waals surface area contributed by atoms with Crippen molar-refractivity contribution in [3.63, 3.8) is 0 Å².